The zero-order chi connectivity index (χ0) is 18.8. The molecule has 3 rings (SSSR count). The van der Waals surface area contributed by atoms with Gasteiger partial charge in [-0.1, -0.05) is 26.0 Å². The van der Waals surface area contributed by atoms with Crippen molar-refractivity contribution >= 4 is 0 Å². The minimum atomic E-state index is -0.0717. The molecule has 0 unspecified atom stereocenters. The normalized spacial score (nSPS) is 25.1. The quantitative estimate of drug-likeness (QED) is 0.853. The first kappa shape index (κ1) is 18.4. The van der Waals surface area contributed by atoms with Crippen LogP contribution in [0.2, 0.25) is 0 Å². The second-order valence-electron chi connectivity index (χ2n) is 6.74. The summed E-state index contributed by atoms with van der Waals surface area (Å²) < 4.78 is 22.4. The van der Waals surface area contributed by atoms with Crippen LogP contribution in [-0.2, 0) is 4.74 Å². The lowest BCUT2D eigenvalue weighted by molar-refractivity contribution is 0.0288. The van der Waals surface area contributed by atoms with E-state index in [0.717, 1.165) is 11.1 Å². The van der Waals surface area contributed by atoms with Crippen molar-refractivity contribution in [2.75, 3.05) is 21.3 Å². The Labute approximate surface area is 154 Å². The average molecular weight is 358 g/mol. The molecule has 1 heterocycles. The highest BCUT2D eigenvalue weighted by Crippen LogP contribution is 2.50. The summed E-state index contributed by atoms with van der Waals surface area (Å²) in [7, 11) is 4.81. The van der Waals surface area contributed by atoms with Crippen LogP contribution >= 0.6 is 0 Å². The van der Waals surface area contributed by atoms with Crippen molar-refractivity contribution in [3.8, 4) is 23.0 Å². The Hall–Kier alpha value is -2.40. The molecule has 1 fully saturated rings. The van der Waals surface area contributed by atoms with Gasteiger partial charge in [0.1, 0.15) is 0 Å². The predicted molar refractivity (Wildman–Crippen MR) is 99.1 cm³/mol. The van der Waals surface area contributed by atoms with E-state index in [4.69, 9.17) is 18.9 Å². The maximum absolute atomic E-state index is 9.84. The maximum Gasteiger partial charge on any atom is 0.161 e. The van der Waals surface area contributed by atoms with E-state index < -0.39 is 0 Å². The average Bonchev–Trinajstić information content (AvgIpc) is 2.96. The number of aromatic hydroxyl groups is 1. The summed E-state index contributed by atoms with van der Waals surface area (Å²) >= 11 is 0. The van der Waals surface area contributed by atoms with Gasteiger partial charge in [0.05, 0.1) is 33.5 Å². The van der Waals surface area contributed by atoms with Crippen molar-refractivity contribution in [2.24, 2.45) is 11.8 Å². The van der Waals surface area contributed by atoms with Crippen molar-refractivity contribution in [2.45, 2.75) is 26.1 Å². The van der Waals surface area contributed by atoms with Crippen LogP contribution in [0.3, 0.4) is 0 Å². The van der Waals surface area contributed by atoms with E-state index in [9.17, 15) is 5.11 Å². The second-order valence-corrected chi connectivity index (χ2v) is 6.74. The minimum absolute atomic E-state index is 0.0467. The van der Waals surface area contributed by atoms with Crippen LogP contribution in [0.5, 0.6) is 23.0 Å². The smallest absolute Gasteiger partial charge is 0.161 e. The van der Waals surface area contributed by atoms with E-state index in [2.05, 4.69) is 13.8 Å². The monoisotopic (exact) mass is 358 g/mol. The highest BCUT2D eigenvalue weighted by Gasteiger charge is 2.41. The Bertz CT molecular complexity index is 773. The summed E-state index contributed by atoms with van der Waals surface area (Å²) in [5.41, 5.74) is 2.07. The van der Waals surface area contributed by atoms with Crippen molar-refractivity contribution in [1.29, 1.82) is 0 Å². The van der Waals surface area contributed by atoms with Gasteiger partial charge in [-0.25, -0.2) is 0 Å². The highest BCUT2D eigenvalue weighted by molar-refractivity contribution is 5.45. The fourth-order valence-electron chi connectivity index (χ4n) is 3.62. The summed E-state index contributed by atoms with van der Waals surface area (Å²) in [6, 6.07) is 11.3. The van der Waals surface area contributed by atoms with Crippen molar-refractivity contribution in [1.82, 2.24) is 0 Å². The first-order valence-corrected chi connectivity index (χ1v) is 8.74. The molecule has 1 aliphatic rings. The minimum Gasteiger partial charge on any atom is -0.504 e. The number of hydrogen-bond acceptors (Lipinski definition) is 5. The molecule has 0 spiro atoms. The summed E-state index contributed by atoms with van der Waals surface area (Å²) in [5.74, 6) is 2.62. The standard InChI is InChI=1S/C21H26O5/c1-12-13(2)21(15-7-9-17(23-3)19(11-15)25-5)26-20(12)14-6-8-16(22)18(10-14)24-4/h6-13,20-22H,1-5H3/t12-,13+,20-,21-/m1/s1. The maximum atomic E-state index is 9.84. The van der Waals surface area contributed by atoms with Gasteiger partial charge in [-0.05, 0) is 47.2 Å². The fourth-order valence-corrected chi connectivity index (χ4v) is 3.62. The molecule has 26 heavy (non-hydrogen) atoms. The Balaban J connectivity index is 1.90. The van der Waals surface area contributed by atoms with E-state index in [0.29, 0.717) is 29.1 Å². The van der Waals surface area contributed by atoms with Crippen LogP contribution in [-0.4, -0.2) is 26.4 Å². The lowest BCUT2D eigenvalue weighted by Crippen LogP contribution is -2.10. The predicted octanol–water partition coefficient (Wildman–Crippen LogP) is 4.50. The highest BCUT2D eigenvalue weighted by atomic mass is 16.5. The third-order valence-electron chi connectivity index (χ3n) is 5.35. The van der Waals surface area contributed by atoms with Crippen LogP contribution in [0.1, 0.15) is 37.2 Å². The fraction of sp³-hybridized carbons (Fsp3) is 0.429. The molecule has 0 bridgehead atoms. The van der Waals surface area contributed by atoms with Crippen LogP contribution in [0.4, 0.5) is 0 Å². The molecule has 0 saturated carbocycles. The summed E-state index contributed by atoms with van der Waals surface area (Å²) in [4.78, 5) is 0. The number of benzene rings is 2. The largest absolute Gasteiger partial charge is 0.504 e. The van der Waals surface area contributed by atoms with E-state index in [-0.39, 0.29) is 18.0 Å². The van der Waals surface area contributed by atoms with Crippen molar-refractivity contribution in [3.05, 3.63) is 47.5 Å². The lowest BCUT2D eigenvalue weighted by atomic mass is 9.85. The Morgan fingerprint density at radius 3 is 1.77 bits per heavy atom. The molecule has 1 N–H and O–H groups in total. The van der Waals surface area contributed by atoms with Crippen LogP contribution in [0.15, 0.2) is 36.4 Å². The molecule has 2 aromatic rings. The molecule has 0 amide bonds. The van der Waals surface area contributed by atoms with E-state index in [1.54, 1.807) is 27.4 Å². The van der Waals surface area contributed by atoms with Gasteiger partial charge in [-0.3, -0.25) is 0 Å². The molecule has 5 nitrogen and oxygen atoms in total. The third-order valence-corrected chi connectivity index (χ3v) is 5.35. The molecule has 1 saturated heterocycles. The first-order chi connectivity index (χ1) is 12.5. The van der Waals surface area contributed by atoms with Crippen molar-refractivity contribution in [3.63, 3.8) is 0 Å². The van der Waals surface area contributed by atoms with Crippen LogP contribution < -0.4 is 14.2 Å². The Morgan fingerprint density at radius 2 is 1.23 bits per heavy atom. The van der Waals surface area contributed by atoms with E-state index in [1.165, 1.54) is 0 Å². The molecule has 1 aliphatic heterocycles. The Morgan fingerprint density at radius 1 is 0.731 bits per heavy atom. The lowest BCUT2D eigenvalue weighted by Gasteiger charge is -2.18. The number of phenolic OH excluding ortho intramolecular Hbond substituents is 1. The number of ether oxygens (including phenoxy) is 4. The topological polar surface area (TPSA) is 57.2 Å². The molecule has 0 radical (unpaired) electrons. The zero-order valence-electron chi connectivity index (χ0n) is 15.9. The zero-order valence-corrected chi connectivity index (χ0v) is 15.9. The van der Waals surface area contributed by atoms with Crippen LogP contribution in [0.25, 0.3) is 0 Å². The SMILES string of the molecule is COc1cc([C@@H]2O[C@@H](c3ccc(OC)c(OC)c3)[C@@H](C)[C@H]2C)ccc1O. The molecule has 2 aromatic carbocycles. The van der Waals surface area contributed by atoms with Gasteiger partial charge in [-0.2, -0.15) is 0 Å². The third kappa shape index (κ3) is 3.19. The summed E-state index contributed by atoms with van der Waals surface area (Å²) in [6.45, 7) is 4.39. The van der Waals surface area contributed by atoms with Gasteiger partial charge in [0.25, 0.3) is 0 Å². The molecule has 5 heteroatoms. The van der Waals surface area contributed by atoms with Gasteiger partial charge in [0.15, 0.2) is 23.0 Å². The summed E-state index contributed by atoms with van der Waals surface area (Å²) in [6.07, 6.45) is -0.118. The van der Waals surface area contributed by atoms with Gasteiger partial charge < -0.3 is 24.1 Å². The number of hydrogen-bond donors (Lipinski definition) is 1. The summed E-state index contributed by atoms with van der Waals surface area (Å²) in [5, 5.41) is 9.84. The Kier molecular flexibility index (Phi) is 5.28. The van der Waals surface area contributed by atoms with Gasteiger partial charge in [0.2, 0.25) is 0 Å². The molecule has 140 valence electrons. The van der Waals surface area contributed by atoms with E-state index in [1.807, 2.05) is 30.3 Å². The molecule has 0 aromatic heterocycles. The molecule has 4 atom stereocenters. The van der Waals surface area contributed by atoms with Gasteiger partial charge in [0, 0.05) is 0 Å². The van der Waals surface area contributed by atoms with Crippen molar-refractivity contribution < 1.29 is 24.1 Å². The first-order valence-electron chi connectivity index (χ1n) is 8.74. The second kappa shape index (κ2) is 7.46. The molecular weight excluding hydrogens is 332 g/mol. The van der Waals surface area contributed by atoms with E-state index >= 15 is 0 Å². The van der Waals surface area contributed by atoms with Gasteiger partial charge in [-0.15, -0.1) is 0 Å². The molecule has 0 aliphatic carbocycles. The molecular formula is C21H26O5. The number of phenols is 1. The van der Waals surface area contributed by atoms with Gasteiger partial charge >= 0.3 is 0 Å². The number of rotatable bonds is 5. The number of methoxy groups -OCH3 is 3. The van der Waals surface area contributed by atoms with Crippen LogP contribution in [0, 0.1) is 11.8 Å².